The van der Waals surface area contributed by atoms with Crippen LogP contribution in [-0.2, 0) is 23.7 Å². The van der Waals surface area contributed by atoms with Crippen LogP contribution in [-0.4, -0.2) is 140 Å². The van der Waals surface area contributed by atoms with E-state index in [1.165, 1.54) is 25.7 Å². The van der Waals surface area contributed by atoms with Gasteiger partial charge in [-0.3, -0.25) is 4.79 Å². The van der Waals surface area contributed by atoms with Crippen molar-refractivity contribution >= 4 is 5.91 Å². The normalized spacial score (nSPS) is 27.7. The fraction of sp³-hybridized carbons (Fsp3) is 0.745. The molecule has 14 heteroatoms. The number of aliphatic hydroxyl groups is 8. The van der Waals surface area contributed by atoms with E-state index in [1.54, 1.807) is 0 Å². The van der Waals surface area contributed by atoms with Crippen LogP contribution >= 0.6 is 0 Å². The first kappa shape index (κ1) is 58.6. The maximum Gasteiger partial charge on any atom is 0.220 e. The van der Waals surface area contributed by atoms with Crippen LogP contribution in [0.25, 0.3) is 0 Å². The molecular formula is C51H87NO13. The van der Waals surface area contributed by atoms with Gasteiger partial charge >= 0.3 is 0 Å². The molecule has 9 N–H and O–H groups in total. The Bertz CT molecular complexity index is 1370. The van der Waals surface area contributed by atoms with Gasteiger partial charge in [-0.15, -0.1) is 0 Å². The molecule has 65 heavy (non-hydrogen) atoms. The number of hydrogen-bond donors (Lipinski definition) is 9. The van der Waals surface area contributed by atoms with Crippen LogP contribution in [0.1, 0.15) is 149 Å². The molecule has 0 aliphatic carbocycles. The highest BCUT2D eigenvalue weighted by Crippen LogP contribution is 2.30. The van der Waals surface area contributed by atoms with Crippen molar-refractivity contribution in [2.24, 2.45) is 0 Å². The van der Waals surface area contributed by atoms with Gasteiger partial charge < -0.3 is 65.1 Å². The molecule has 12 unspecified atom stereocenters. The van der Waals surface area contributed by atoms with E-state index in [-0.39, 0.29) is 18.9 Å². The molecule has 0 aromatic rings. The van der Waals surface area contributed by atoms with E-state index in [9.17, 15) is 45.6 Å². The van der Waals surface area contributed by atoms with Gasteiger partial charge in [-0.2, -0.15) is 0 Å². The van der Waals surface area contributed by atoms with Crippen molar-refractivity contribution in [3.8, 4) is 0 Å². The van der Waals surface area contributed by atoms with Gasteiger partial charge in [-0.25, -0.2) is 0 Å². The lowest BCUT2D eigenvalue weighted by Crippen LogP contribution is -2.65. The second kappa shape index (κ2) is 37.4. The van der Waals surface area contributed by atoms with Gasteiger partial charge in [0.05, 0.1) is 32.0 Å². The first-order valence-corrected chi connectivity index (χ1v) is 24.7. The summed E-state index contributed by atoms with van der Waals surface area (Å²) in [6.07, 6.45) is 29.9. The molecule has 0 aromatic carbocycles. The van der Waals surface area contributed by atoms with E-state index >= 15 is 0 Å². The third-order valence-corrected chi connectivity index (χ3v) is 11.7. The van der Waals surface area contributed by atoms with Crippen molar-refractivity contribution in [3.05, 3.63) is 72.9 Å². The molecule has 2 aliphatic rings. The third-order valence-electron chi connectivity index (χ3n) is 11.7. The Morgan fingerprint density at radius 1 is 0.569 bits per heavy atom. The molecular weight excluding hydrogens is 835 g/mol. The molecule has 1 amide bonds. The molecule has 2 rings (SSSR count). The summed E-state index contributed by atoms with van der Waals surface area (Å²) >= 11 is 0. The Balaban J connectivity index is 1.65. The van der Waals surface area contributed by atoms with Crippen molar-refractivity contribution in [2.45, 2.75) is 222 Å². The Morgan fingerprint density at radius 3 is 1.62 bits per heavy atom. The molecule has 0 bridgehead atoms. The molecule has 2 saturated heterocycles. The number of carbonyl (C=O) groups excluding carboxylic acids is 1. The van der Waals surface area contributed by atoms with Crippen LogP contribution in [0.15, 0.2) is 72.9 Å². The largest absolute Gasteiger partial charge is 0.394 e. The SMILES string of the molecule is CC/C=C\C/C=C\C/C=C\C/C=C\C/C=C\C/C=C\CCCCCCCCCCC(=O)NC(COC1OC(CO)C(OC2OC(CO)C(O)C(O)C2O)C(O)C1O)C(O)CCCCCC. The Labute approximate surface area is 389 Å². The van der Waals surface area contributed by atoms with Crippen LogP contribution in [0, 0.1) is 0 Å². The summed E-state index contributed by atoms with van der Waals surface area (Å²) in [5.41, 5.74) is 0. The topological polar surface area (TPSA) is 228 Å². The monoisotopic (exact) mass is 922 g/mol. The summed E-state index contributed by atoms with van der Waals surface area (Å²) in [5, 5.41) is 86.1. The second-order valence-corrected chi connectivity index (χ2v) is 17.2. The van der Waals surface area contributed by atoms with Gasteiger partial charge in [0, 0.05) is 6.42 Å². The average Bonchev–Trinajstić information content (AvgIpc) is 3.30. The number of allylic oxidation sites excluding steroid dienone is 12. The molecule has 2 aliphatic heterocycles. The van der Waals surface area contributed by atoms with Crippen molar-refractivity contribution in [2.75, 3.05) is 19.8 Å². The smallest absolute Gasteiger partial charge is 0.220 e. The number of rotatable bonds is 36. The third kappa shape index (κ3) is 24.9. The van der Waals surface area contributed by atoms with Gasteiger partial charge in [-0.05, 0) is 64.2 Å². The lowest BCUT2D eigenvalue weighted by molar-refractivity contribution is -0.359. The Kier molecular flexibility index (Phi) is 33.7. The van der Waals surface area contributed by atoms with Crippen LogP contribution in [0.3, 0.4) is 0 Å². The van der Waals surface area contributed by atoms with E-state index in [1.807, 2.05) is 0 Å². The minimum absolute atomic E-state index is 0.230. The number of ether oxygens (including phenoxy) is 4. The van der Waals surface area contributed by atoms with E-state index in [0.29, 0.717) is 12.8 Å². The highest BCUT2D eigenvalue weighted by molar-refractivity contribution is 5.76. The minimum Gasteiger partial charge on any atom is -0.394 e. The summed E-state index contributed by atoms with van der Waals surface area (Å²) < 4.78 is 22.5. The Hall–Kier alpha value is -2.57. The molecule has 2 heterocycles. The molecule has 374 valence electrons. The number of carbonyl (C=O) groups is 1. The lowest BCUT2D eigenvalue weighted by Gasteiger charge is -2.46. The number of nitrogens with one attached hydrogen (secondary N) is 1. The lowest BCUT2D eigenvalue weighted by atomic mass is 9.97. The van der Waals surface area contributed by atoms with Gasteiger partial charge in [0.15, 0.2) is 12.6 Å². The van der Waals surface area contributed by atoms with E-state index < -0.39 is 86.8 Å². The fourth-order valence-corrected chi connectivity index (χ4v) is 7.65. The highest BCUT2D eigenvalue weighted by atomic mass is 16.7. The highest BCUT2D eigenvalue weighted by Gasteiger charge is 2.51. The second-order valence-electron chi connectivity index (χ2n) is 17.2. The summed E-state index contributed by atoms with van der Waals surface area (Å²) in [6, 6.07) is -0.833. The van der Waals surface area contributed by atoms with Crippen LogP contribution < -0.4 is 5.32 Å². The number of unbranched alkanes of at least 4 members (excludes halogenated alkanes) is 11. The zero-order valence-electron chi connectivity index (χ0n) is 39.4. The van der Waals surface area contributed by atoms with E-state index in [2.05, 4.69) is 92.1 Å². The van der Waals surface area contributed by atoms with Gasteiger partial charge in [0.1, 0.15) is 48.8 Å². The first-order valence-electron chi connectivity index (χ1n) is 24.7. The zero-order valence-corrected chi connectivity index (χ0v) is 39.4. The number of hydrogen-bond acceptors (Lipinski definition) is 13. The fourth-order valence-electron chi connectivity index (χ4n) is 7.65. The zero-order chi connectivity index (χ0) is 47.5. The molecule has 0 radical (unpaired) electrons. The quantitative estimate of drug-likeness (QED) is 0.0258. The van der Waals surface area contributed by atoms with Crippen LogP contribution in [0.4, 0.5) is 0 Å². The molecule has 0 spiro atoms. The molecule has 12 atom stereocenters. The van der Waals surface area contributed by atoms with Crippen molar-refractivity contribution in [1.29, 1.82) is 0 Å². The standard InChI is InChI=1S/C51H87NO13/c1-3-5-7-9-10-11-12-13-14-15-16-17-18-19-20-21-22-23-24-25-26-27-28-29-30-31-33-35-43(56)52-39(40(55)34-32-8-6-4-2)38-62-50-48(61)46(59)49(42(37-54)64-50)65-51-47(60)45(58)44(57)41(36-53)63-51/h5,7,10-11,13-14,16-17,19-20,22-23,39-42,44-51,53-55,57-61H,3-4,6,8-9,12,15,18,21,24-38H2,1-2H3,(H,52,56)/b7-5-,11-10-,14-13-,17-16-,20-19-,23-22-. The summed E-state index contributed by atoms with van der Waals surface area (Å²) in [4.78, 5) is 13.0. The summed E-state index contributed by atoms with van der Waals surface area (Å²) in [7, 11) is 0. The summed E-state index contributed by atoms with van der Waals surface area (Å²) in [6.45, 7) is 2.57. The van der Waals surface area contributed by atoms with E-state index in [0.717, 1.165) is 89.9 Å². The first-order chi connectivity index (χ1) is 31.6. The van der Waals surface area contributed by atoms with Crippen molar-refractivity contribution in [1.82, 2.24) is 5.32 Å². The number of amides is 1. The predicted molar refractivity (Wildman–Crippen MR) is 253 cm³/mol. The Morgan fingerprint density at radius 2 is 1.06 bits per heavy atom. The molecule has 14 nitrogen and oxygen atoms in total. The van der Waals surface area contributed by atoms with Crippen LogP contribution in [0.5, 0.6) is 0 Å². The van der Waals surface area contributed by atoms with Gasteiger partial charge in [-0.1, -0.05) is 151 Å². The van der Waals surface area contributed by atoms with Gasteiger partial charge in [0.25, 0.3) is 0 Å². The number of aliphatic hydroxyl groups excluding tert-OH is 8. The van der Waals surface area contributed by atoms with Crippen LogP contribution in [0.2, 0.25) is 0 Å². The molecule has 0 aromatic heterocycles. The van der Waals surface area contributed by atoms with Crippen molar-refractivity contribution in [3.63, 3.8) is 0 Å². The maximum absolute atomic E-state index is 13.0. The molecule has 0 saturated carbocycles. The van der Waals surface area contributed by atoms with E-state index in [4.69, 9.17) is 18.9 Å². The summed E-state index contributed by atoms with van der Waals surface area (Å²) in [5.74, 6) is -0.230. The maximum atomic E-state index is 13.0. The van der Waals surface area contributed by atoms with Gasteiger partial charge in [0.2, 0.25) is 5.91 Å². The average molecular weight is 922 g/mol. The van der Waals surface area contributed by atoms with Crippen molar-refractivity contribution < 1.29 is 64.6 Å². The molecule has 2 fully saturated rings. The predicted octanol–water partition coefficient (Wildman–Crippen LogP) is 6.04. The minimum atomic E-state index is -1.78.